The molecule has 3 nitrogen and oxygen atoms in total. The van der Waals surface area contributed by atoms with Crippen LogP contribution in [0.3, 0.4) is 0 Å². The Kier molecular flexibility index (Phi) is 3.96. The van der Waals surface area contributed by atoms with Crippen molar-refractivity contribution in [3.8, 4) is 0 Å². The summed E-state index contributed by atoms with van der Waals surface area (Å²) in [5, 5.41) is 1.99. The van der Waals surface area contributed by atoms with Crippen molar-refractivity contribution >= 4 is 26.7 Å². The number of fused-ring (bicyclic) bond motifs is 1. The molecule has 3 N–H and O–H groups in total. The molecule has 0 spiro atoms. The van der Waals surface area contributed by atoms with Gasteiger partial charge in [-0.1, -0.05) is 30.3 Å². The van der Waals surface area contributed by atoms with E-state index >= 15 is 0 Å². The normalized spacial score (nSPS) is 12.5. The van der Waals surface area contributed by atoms with Crippen LogP contribution in [0.4, 0.5) is 4.39 Å². The van der Waals surface area contributed by atoms with Gasteiger partial charge in [0.2, 0.25) is 0 Å². The van der Waals surface area contributed by atoms with Gasteiger partial charge in [-0.05, 0) is 39.0 Å². The molecular formula is C16H13BrFN3. The van der Waals surface area contributed by atoms with Crippen LogP contribution < -0.4 is 11.3 Å². The lowest BCUT2D eigenvalue weighted by atomic mass is 9.94. The predicted octanol–water partition coefficient (Wildman–Crippen LogP) is 3.69. The molecule has 3 rings (SSSR count). The van der Waals surface area contributed by atoms with Crippen molar-refractivity contribution in [2.75, 3.05) is 0 Å². The van der Waals surface area contributed by atoms with E-state index in [4.69, 9.17) is 5.84 Å². The van der Waals surface area contributed by atoms with Gasteiger partial charge in [-0.3, -0.25) is 10.8 Å². The first-order valence-electron chi connectivity index (χ1n) is 6.45. The van der Waals surface area contributed by atoms with Gasteiger partial charge < -0.3 is 0 Å². The van der Waals surface area contributed by atoms with Gasteiger partial charge in [0.05, 0.1) is 10.5 Å². The standard InChI is InChI=1S/C16H13BrFN3/c17-14-6-2-5-13(15(14)18)16(21-19)12-4-1-3-10-9-20-8-7-11(10)12/h1-9,16,21H,19H2. The Morgan fingerprint density at radius 1 is 1.10 bits per heavy atom. The number of hydrogen-bond acceptors (Lipinski definition) is 3. The Bertz CT molecular complexity index is 786. The topological polar surface area (TPSA) is 50.9 Å². The SMILES string of the molecule is NNC(c1cccc(Br)c1F)c1cccc2cnccc12. The molecule has 106 valence electrons. The number of halogens is 2. The average Bonchev–Trinajstić information content (AvgIpc) is 2.52. The van der Waals surface area contributed by atoms with Crippen molar-refractivity contribution in [1.29, 1.82) is 0 Å². The van der Waals surface area contributed by atoms with E-state index in [-0.39, 0.29) is 5.82 Å². The second-order valence-electron chi connectivity index (χ2n) is 4.69. The number of nitrogens with zero attached hydrogens (tertiary/aromatic N) is 1. The van der Waals surface area contributed by atoms with Gasteiger partial charge >= 0.3 is 0 Å². The molecule has 0 bridgehead atoms. The zero-order valence-corrected chi connectivity index (χ0v) is 12.6. The molecule has 1 unspecified atom stereocenters. The smallest absolute Gasteiger partial charge is 0.142 e. The number of rotatable bonds is 3. The van der Waals surface area contributed by atoms with Crippen LogP contribution in [-0.4, -0.2) is 4.98 Å². The third-order valence-corrected chi connectivity index (χ3v) is 4.10. The van der Waals surface area contributed by atoms with E-state index in [1.54, 1.807) is 30.6 Å². The summed E-state index contributed by atoms with van der Waals surface area (Å²) < 4.78 is 14.8. The highest BCUT2D eigenvalue weighted by Gasteiger charge is 2.19. The molecule has 3 aromatic rings. The summed E-state index contributed by atoms with van der Waals surface area (Å²) in [5.74, 6) is 5.39. The van der Waals surface area contributed by atoms with E-state index in [1.807, 2.05) is 24.3 Å². The summed E-state index contributed by atoms with van der Waals surface area (Å²) in [5.41, 5.74) is 4.12. The Hall–Kier alpha value is -1.82. The predicted molar refractivity (Wildman–Crippen MR) is 85.0 cm³/mol. The highest BCUT2D eigenvalue weighted by molar-refractivity contribution is 9.10. The van der Waals surface area contributed by atoms with Crippen LogP contribution in [0.1, 0.15) is 17.2 Å². The molecule has 0 fully saturated rings. The Balaban J connectivity index is 2.21. The molecule has 1 aromatic heterocycles. The first kappa shape index (κ1) is 14.1. The van der Waals surface area contributed by atoms with Crippen LogP contribution in [0.25, 0.3) is 10.8 Å². The van der Waals surface area contributed by atoms with Crippen molar-refractivity contribution in [2.24, 2.45) is 5.84 Å². The fourth-order valence-electron chi connectivity index (χ4n) is 2.49. The summed E-state index contributed by atoms with van der Waals surface area (Å²) >= 11 is 3.21. The molecule has 0 aliphatic carbocycles. The zero-order valence-electron chi connectivity index (χ0n) is 11.1. The summed E-state index contributed by atoms with van der Waals surface area (Å²) in [7, 11) is 0. The van der Waals surface area contributed by atoms with Gasteiger partial charge in [0.25, 0.3) is 0 Å². The van der Waals surface area contributed by atoms with Gasteiger partial charge in [0.15, 0.2) is 0 Å². The van der Waals surface area contributed by atoms with Crippen molar-refractivity contribution in [1.82, 2.24) is 10.4 Å². The van der Waals surface area contributed by atoms with Crippen LogP contribution in [0, 0.1) is 5.82 Å². The maximum atomic E-state index is 14.4. The van der Waals surface area contributed by atoms with E-state index < -0.39 is 6.04 Å². The first-order valence-corrected chi connectivity index (χ1v) is 7.24. The number of hydrogen-bond donors (Lipinski definition) is 2. The number of nitrogens with one attached hydrogen (secondary N) is 1. The molecule has 0 aliphatic rings. The lowest BCUT2D eigenvalue weighted by Gasteiger charge is -2.20. The maximum absolute atomic E-state index is 14.4. The largest absolute Gasteiger partial charge is 0.271 e. The molecule has 2 aromatic carbocycles. The number of aromatic nitrogens is 1. The van der Waals surface area contributed by atoms with Gasteiger partial charge in [-0.2, -0.15) is 0 Å². The number of hydrazine groups is 1. The van der Waals surface area contributed by atoms with Crippen LogP contribution in [0.2, 0.25) is 0 Å². The minimum Gasteiger partial charge on any atom is -0.271 e. The zero-order chi connectivity index (χ0) is 14.8. The van der Waals surface area contributed by atoms with E-state index in [0.717, 1.165) is 16.3 Å². The van der Waals surface area contributed by atoms with E-state index in [1.165, 1.54) is 0 Å². The monoisotopic (exact) mass is 345 g/mol. The van der Waals surface area contributed by atoms with Crippen molar-refractivity contribution < 1.29 is 4.39 Å². The fraction of sp³-hybridized carbons (Fsp3) is 0.0625. The molecule has 5 heteroatoms. The molecule has 0 saturated heterocycles. The summed E-state index contributed by atoms with van der Waals surface area (Å²) in [6.45, 7) is 0. The third kappa shape index (κ3) is 2.55. The fourth-order valence-corrected chi connectivity index (χ4v) is 2.87. The van der Waals surface area contributed by atoms with E-state index in [9.17, 15) is 4.39 Å². The van der Waals surface area contributed by atoms with Gasteiger partial charge in [0, 0.05) is 23.3 Å². The molecule has 21 heavy (non-hydrogen) atoms. The molecule has 0 aliphatic heterocycles. The van der Waals surface area contributed by atoms with Crippen molar-refractivity contribution in [3.05, 3.63) is 76.3 Å². The molecule has 1 atom stereocenters. The number of benzene rings is 2. The Morgan fingerprint density at radius 2 is 1.86 bits per heavy atom. The second kappa shape index (κ2) is 5.89. The van der Waals surface area contributed by atoms with E-state index in [0.29, 0.717) is 10.0 Å². The van der Waals surface area contributed by atoms with Crippen molar-refractivity contribution in [2.45, 2.75) is 6.04 Å². The number of pyridine rings is 1. The molecule has 0 saturated carbocycles. The highest BCUT2D eigenvalue weighted by atomic mass is 79.9. The minimum absolute atomic E-state index is 0.313. The first-order chi connectivity index (χ1) is 10.2. The molecular weight excluding hydrogens is 333 g/mol. The highest BCUT2D eigenvalue weighted by Crippen LogP contribution is 2.31. The molecule has 1 heterocycles. The van der Waals surface area contributed by atoms with E-state index in [2.05, 4.69) is 26.3 Å². The molecule has 0 radical (unpaired) electrons. The summed E-state index contributed by atoms with van der Waals surface area (Å²) in [6, 6.07) is 12.5. The average molecular weight is 346 g/mol. The second-order valence-corrected chi connectivity index (χ2v) is 5.54. The Labute approximate surface area is 130 Å². The van der Waals surface area contributed by atoms with Gasteiger partial charge in [0.1, 0.15) is 5.82 Å². The summed E-state index contributed by atoms with van der Waals surface area (Å²) in [4.78, 5) is 4.11. The van der Waals surface area contributed by atoms with Crippen LogP contribution in [0.5, 0.6) is 0 Å². The van der Waals surface area contributed by atoms with Crippen LogP contribution in [0.15, 0.2) is 59.3 Å². The van der Waals surface area contributed by atoms with Crippen LogP contribution >= 0.6 is 15.9 Å². The van der Waals surface area contributed by atoms with Gasteiger partial charge in [-0.25, -0.2) is 9.82 Å². The third-order valence-electron chi connectivity index (χ3n) is 3.48. The molecule has 0 amide bonds. The lowest BCUT2D eigenvalue weighted by Crippen LogP contribution is -2.29. The lowest BCUT2D eigenvalue weighted by molar-refractivity contribution is 0.557. The maximum Gasteiger partial charge on any atom is 0.142 e. The number of nitrogens with two attached hydrogens (primary N) is 1. The van der Waals surface area contributed by atoms with Gasteiger partial charge in [-0.15, -0.1) is 0 Å². The van der Waals surface area contributed by atoms with Crippen LogP contribution in [-0.2, 0) is 0 Å². The van der Waals surface area contributed by atoms with Crippen molar-refractivity contribution in [3.63, 3.8) is 0 Å². The minimum atomic E-state index is -0.436. The Morgan fingerprint density at radius 3 is 2.67 bits per heavy atom. The quantitative estimate of drug-likeness (QED) is 0.562. The summed E-state index contributed by atoms with van der Waals surface area (Å²) in [6.07, 6.45) is 3.50.